The molecule has 7 nitrogen and oxygen atoms in total. The number of hydrogen-bond donors (Lipinski definition) is 1. The molecule has 0 bridgehead atoms. The zero-order valence-electron chi connectivity index (χ0n) is 17.3. The highest BCUT2D eigenvalue weighted by Crippen LogP contribution is 2.34. The van der Waals surface area contributed by atoms with E-state index in [2.05, 4.69) is 5.32 Å². The van der Waals surface area contributed by atoms with Crippen molar-refractivity contribution < 1.29 is 23.9 Å². The van der Waals surface area contributed by atoms with Crippen LogP contribution in [-0.4, -0.2) is 42.2 Å². The molecule has 7 heteroatoms. The molecule has 1 fully saturated rings. The van der Waals surface area contributed by atoms with Crippen molar-refractivity contribution in [3.63, 3.8) is 0 Å². The van der Waals surface area contributed by atoms with Crippen LogP contribution in [0, 0.1) is 11.8 Å². The standard InChI is InChI=1S/C24H24N2O5/c1-31-24(30)15-8-6-9-17(13-15)25-21(27)18-10-3-2-7-16(18)14-26-22(28)19-11-4-5-12-20(19)23(26)29/h4-6,8-9,11-13,16,18H,2-3,7,10,14H2,1H3,(H,25,27). The van der Waals surface area contributed by atoms with E-state index in [1.807, 2.05) is 0 Å². The number of hydrogen-bond acceptors (Lipinski definition) is 5. The average Bonchev–Trinajstić information content (AvgIpc) is 3.04. The van der Waals surface area contributed by atoms with Crippen LogP contribution in [0.3, 0.4) is 0 Å². The molecule has 2 unspecified atom stereocenters. The Labute approximate surface area is 180 Å². The topological polar surface area (TPSA) is 92.8 Å². The van der Waals surface area contributed by atoms with Gasteiger partial charge in [0.2, 0.25) is 5.91 Å². The van der Waals surface area contributed by atoms with Crippen molar-refractivity contribution in [2.24, 2.45) is 11.8 Å². The minimum absolute atomic E-state index is 0.111. The van der Waals surface area contributed by atoms with E-state index in [1.165, 1.54) is 12.0 Å². The number of nitrogens with one attached hydrogen (secondary N) is 1. The van der Waals surface area contributed by atoms with Crippen molar-refractivity contribution in [1.82, 2.24) is 4.90 Å². The average molecular weight is 420 g/mol. The van der Waals surface area contributed by atoms with Crippen molar-refractivity contribution in [3.8, 4) is 0 Å². The molecule has 2 aliphatic rings. The minimum Gasteiger partial charge on any atom is -0.465 e. The number of amides is 3. The van der Waals surface area contributed by atoms with Gasteiger partial charge in [0, 0.05) is 18.2 Å². The van der Waals surface area contributed by atoms with Gasteiger partial charge in [-0.2, -0.15) is 0 Å². The summed E-state index contributed by atoms with van der Waals surface area (Å²) in [5.74, 6) is -1.66. The molecule has 0 spiro atoms. The van der Waals surface area contributed by atoms with Crippen LogP contribution in [0.5, 0.6) is 0 Å². The number of nitrogens with zero attached hydrogens (tertiary/aromatic N) is 1. The summed E-state index contributed by atoms with van der Waals surface area (Å²) in [6.07, 6.45) is 3.33. The maximum Gasteiger partial charge on any atom is 0.337 e. The summed E-state index contributed by atoms with van der Waals surface area (Å²) in [6, 6.07) is 13.4. The maximum atomic E-state index is 13.1. The molecule has 0 radical (unpaired) electrons. The van der Waals surface area contributed by atoms with E-state index < -0.39 is 5.97 Å². The van der Waals surface area contributed by atoms with Gasteiger partial charge in [-0.15, -0.1) is 0 Å². The van der Waals surface area contributed by atoms with Crippen molar-refractivity contribution in [3.05, 3.63) is 65.2 Å². The first kappa shape index (κ1) is 20.8. The predicted molar refractivity (Wildman–Crippen MR) is 114 cm³/mol. The van der Waals surface area contributed by atoms with Gasteiger partial charge < -0.3 is 10.1 Å². The van der Waals surface area contributed by atoms with Crippen LogP contribution in [0.2, 0.25) is 0 Å². The molecular formula is C24H24N2O5. The van der Waals surface area contributed by atoms with E-state index in [4.69, 9.17) is 4.74 Å². The zero-order chi connectivity index (χ0) is 22.0. The molecule has 31 heavy (non-hydrogen) atoms. The molecule has 4 rings (SSSR count). The predicted octanol–water partition coefficient (Wildman–Crippen LogP) is 3.51. The Kier molecular flexibility index (Phi) is 5.84. The molecule has 2 aromatic rings. The number of rotatable bonds is 5. The van der Waals surface area contributed by atoms with E-state index in [0.717, 1.165) is 19.3 Å². The molecule has 160 valence electrons. The van der Waals surface area contributed by atoms with Crippen LogP contribution >= 0.6 is 0 Å². The SMILES string of the molecule is COC(=O)c1cccc(NC(=O)C2CCCCC2CN2C(=O)c3ccccc3C2=O)c1. The van der Waals surface area contributed by atoms with Gasteiger partial charge in [0.1, 0.15) is 0 Å². The summed E-state index contributed by atoms with van der Waals surface area (Å²) in [6.45, 7) is 0.229. The normalized spacial score (nSPS) is 20.4. The lowest BCUT2D eigenvalue weighted by Gasteiger charge is -2.32. The number of fused-ring (bicyclic) bond motifs is 1. The second kappa shape index (κ2) is 8.71. The summed E-state index contributed by atoms with van der Waals surface area (Å²) < 4.78 is 4.73. The number of methoxy groups -OCH3 is 1. The fourth-order valence-electron chi connectivity index (χ4n) is 4.49. The summed E-state index contributed by atoms with van der Waals surface area (Å²) in [5.41, 5.74) is 1.71. The molecular weight excluding hydrogens is 396 g/mol. The first-order valence-corrected chi connectivity index (χ1v) is 10.4. The number of carbonyl (C=O) groups is 4. The Morgan fingerprint density at radius 2 is 1.68 bits per heavy atom. The maximum absolute atomic E-state index is 13.1. The molecule has 1 N–H and O–H groups in total. The van der Waals surface area contributed by atoms with Gasteiger partial charge in [0.25, 0.3) is 11.8 Å². The molecule has 1 saturated carbocycles. The molecule has 0 aromatic heterocycles. The number of imide groups is 1. The van der Waals surface area contributed by atoms with Gasteiger partial charge in [0.15, 0.2) is 0 Å². The van der Waals surface area contributed by atoms with Gasteiger partial charge in [-0.05, 0) is 49.1 Å². The molecule has 3 amide bonds. The number of benzene rings is 2. The lowest BCUT2D eigenvalue weighted by Crippen LogP contribution is -2.41. The number of ether oxygens (including phenoxy) is 1. The molecule has 2 atom stereocenters. The van der Waals surface area contributed by atoms with E-state index >= 15 is 0 Å². The highest BCUT2D eigenvalue weighted by atomic mass is 16.5. The second-order valence-corrected chi connectivity index (χ2v) is 7.98. The van der Waals surface area contributed by atoms with Crippen LogP contribution in [0.1, 0.15) is 56.8 Å². The number of anilines is 1. The monoisotopic (exact) mass is 420 g/mol. The molecule has 2 aromatic carbocycles. The van der Waals surface area contributed by atoms with E-state index in [-0.39, 0.29) is 36.1 Å². The van der Waals surface area contributed by atoms with Crippen LogP contribution < -0.4 is 5.32 Å². The van der Waals surface area contributed by atoms with Crippen LogP contribution in [0.4, 0.5) is 5.69 Å². The zero-order valence-corrected chi connectivity index (χ0v) is 17.3. The van der Waals surface area contributed by atoms with Gasteiger partial charge >= 0.3 is 5.97 Å². The number of esters is 1. The molecule has 1 aliphatic heterocycles. The highest BCUT2D eigenvalue weighted by molar-refractivity contribution is 6.21. The smallest absolute Gasteiger partial charge is 0.337 e. The largest absolute Gasteiger partial charge is 0.465 e. The van der Waals surface area contributed by atoms with Crippen molar-refractivity contribution >= 4 is 29.4 Å². The van der Waals surface area contributed by atoms with Crippen molar-refractivity contribution in [1.29, 1.82) is 0 Å². The first-order valence-electron chi connectivity index (χ1n) is 10.4. The van der Waals surface area contributed by atoms with E-state index in [0.29, 0.717) is 28.8 Å². The fraction of sp³-hybridized carbons (Fsp3) is 0.333. The van der Waals surface area contributed by atoms with Crippen molar-refractivity contribution in [2.45, 2.75) is 25.7 Å². The Morgan fingerprint density at radius 3 is 2.35 bits per heavy atom. The van der Waals surface area contributed by atoms with Gasteiger partial charge in [-0.25, -0.2) is 4.79 Å². The van der Waals surface area contributed by atoms with E-state index in [9.17, 15) is 19.2 Å². The summed E-state index contributed by atoms with van der Waals surface area (Å²) >= 11 is 0. The number of carbonyl (C=O) groups excluding carboxylic acids is 4. The van der Waals surface area contributed by atoms with Crippen LogP contribution in [0.25, 0.3) is 0 Å². The van der Waals surface area contributed by atoms with Gasteiger partial charge in [0.05, 0.1) is 23.8 Å². The summed E-state index contributed by atoms with van der Waals surface area (Å²) in [7, 11) is 1.30. The Balaban J connectivity index is 1.48. The lowest BCUT2D eigenvalue weighted by molar-refractivity contribution is -0.122. The summed E-state index contributed by atoms with van der Waals surface area (Å²) in [4.78, 5) is 51.6. The second-order valence-electron chi connectivity index (χ2n) is 7.98. The van der Waals surface area contributed by atoms with Gasteiger partial charge in [-0.3, -0.25) is 19.3 Å². The van der Waals surface area contributed by atoms with E-state index in [1.54, 1.807) is 48.5 Å². The third-order valence-corrected chi connectivity index (χ3v) is 6.09. The lowest BCUT2D eigenvalue weighted by atomic mass is 9.78. The Bertz CT molecular complexity index is 1010. The molecule has 1 heterocycles. The minimum atomic E-state index is -0.475. The van der Waals surface area contributed by atoms with Gasteiger partial charge in [-0.1, -0.05) is 31.0 Å². The third kappa shape index (κ3) is 4.08. The van der Waals surface area contributed by atoms with Crippen LogP contribution in [-0.2, 0) is 9.53 Å². The Morgan fingerprint density at radius 1 is 1.00 bits per heavy atom. The quantitative estimate of drug-likeness (QED) is 0.590. The summed E-state index contributed by atoms with van der Waals surface area (Å²) in [5, 5.41) is 2.89. The first-order chi connectivity index (χ1) is 15.0. The third-order valence-electron chi connectivity index (χ3n) is 6.09. The van der Waals surface area contributed by atoms with Crippen LogP contribution in [0.15, 0.2) is 48.5 Å². The Hall–Kier alpha value is -3.48. The van der Waals surface area contributed by atoms with Crippen molar-refractivity contribution in [2.75, 3.05) is 19.0 Å². The molecule has 0 saturated heterocycles. The fourth-order valence-corrected chi connectivity index (χ4v) is 4.49. The molecule has 1 aliphatic carbocycles. The highest BCUT2D eigenvalue weighted by Gasteiger charge is 2.40.